The van der Waals surface area contributed by atoms with Gasteiger partial charge in [-0.15, -0.1) is 0 Å². The molecule has 4 atom stereocenters. The highest BCUT2D eigenvalue weighted by Gasteiger charge is 2.50. The molecule has 2 heterocycles. The first kappa shape index (κ1) is 22.7. The first-order valence-corrected chi connectivity index (χ1v) is 12.3. The molecule has 2 aromatic rings. The summed E-state index contributed by atoms with van der Waals surface area (Å²) in [6.45, 7) is 4.50. The third-order valence-corrected chi connectivity index (χ3v) is 7.00. The van der Waals surface area contributed by atoms with Crippen molar-refractivity contribution in [3.05, 3.63) is 65.7 Å². The first-order chi connectivity index (χ1) is 15.3. The van der Waals surface area contributed by atoms with Crippen molar-refractivity contribution in [1.82, 2.24) is 4.72 Å². The SMILES string of the molecule is CC(C)c1ccc(NC(=O)OC2COC3C(NS(=O)(=O)Cc4ccccc4)COC23)cc1. The minimum Gasteiger partial charge on any atom is -0.441 e. The van der Waals surface area contributed by atoms with Crippen LogP contribution >= 0.6 is 0 Å². The van der Waals surface area contributed by atoms with E-state index in [-0.39, 0.29) is 19.0 Å². The largest absolute Gasteiger partial charge is 0.441 e. The molecule has 2 aromatic carbocycles. The second kappa shape index (κ2) is 9.58. The molecule has 0 spiro atoms. The Morgan fingerprint density at radius 1 is 1.03 bits per heavy atom. The van der Waals surface area contributed by atoms with E-state index < -0.39 is 40.5 Å². The Bertz CT molecular complexity index is 1030. The van der Waals surface area contributed by atoms with Gasteiger partial charge in [0.25, 0.3) is 0 Å². The zero-order valence-corrected chi connectivity index (χ0v) is 18.9. The molecular formula is C23H28N2O6S. The fourth-order valence-corrected chi connectivity index (χ4v) is 5.35. The van der Waals surface area contributed by atoms with Gasteiger partial charge in [0, 0.05) is 5.69 Å². The van der Waals surface area contributed by atoms with E-state index in [1.54, 1.807) is 24.3 Å². The summed E-state index contributed by atoms with van der Waals surface area (Å²) in [6, 6.07) is 16.0. The highest BCUT2D eigenvalue weighted by Crippen LogP contribution is 2.30. The monoisotopic (exact) mass is 460 g/mol. The minimum atomic E-state index is -3.58. The standard InChI is InChI=1S/C23H28N2O6S/c1-15(2)17-8-10-18(11-9-17)24-23(26)31-20-13-30-21-19(12-29-22(20)21)25-32(27,28)14-16-6-4-3-5-7-16/h3-11,15,19-22,25H,12-14H2,1-2H3,(H,24,26). The van der Waals surface area contributed by atoms with Crippen LogP contribution in [0.5, 0.6) is 0 Å². The van der Waals surface area contributed by atoms with Gasteiger partial charge < -0.3 is 14.2 Å². The molecule has 8 nitrogen and oxygen atoms in total. The minimum absolute atomic E-state index is 0.125. The molecular weight excluding hydrogens is 432 g/mol. The van der Waals surface area contributed by atoms with E-state index in [1.807, 2.05) is 30.3 Å². The molecule has 2 aliphatic heterocycles. The number of amides is 1. The van der Waals surface area contributed by atoms with Crippen molar-refractivity contribution < 1.29 is 27.4 Å². The maximum absolute atomic E-state index is 12.6. The van der Waals surface area contributed by atoms with Gasteiger partial charge >= 0.3 is 6.09 Å². The lowest BCUT2D eigenvalue weighted by molar-refractivity contribution is 0.00883. The first-order valence-electron chi connectivity index (χ1n) is 10.7. The van der Waals surface area contributed by atoms with E-state index in [0.29, 0.717) is 17.2 Å². The molecule has 2 aliphatic rings. The van der Waals surface area contributed by atoms with Crippen LogP contribution in [0.15, 0.2) is 54.6 Å². The van der Waals surface area contributed by atoms with E-state index in [0.717, 1.165) is 0 Å². The van der Waals surface area contributed by atoms with Crippen molar-refractivity contribution in [2.45, 2.75) is 49.9 Å². The highest BCUT2D eigenvalue weighted by atomic mass is 32.2. The van der Waals surface area contributed by atoms with Crippen LogP contribution in [0.25, 0.3) is 0 Å². The zero-order valence-electron chi connectivity index (χ0n) is 18.1. The molecule has 172 valence electrons. The quantitative estimate of drug-likeness (QED) is 0.659. The Morgan fingerprint density at radius 2 is 1.72 bits per heavy atom. The third-order valence-electron chi connectivity index (χ3n) is 5.62. The summed E-state index contributed by atoms with van der Waals surface area (Å²) in [6.07, 6.45) is -2.25. The van der Waals surface area contributed by atoms with Gasteiger partial charge in [-0.05, 0) is 29.2 Å². The van der Waals surface area contributed by atoms with Gasteiger partial charge in [0.1, 0.15) is 12.2 Å². The van der Waals surface area contributed by atoms with Crippen molar-refractivity contribution in [3.63, 3.8) is 0 Å². The lowest BCUT2D eigenvalue weighted by atomic mass is 10.0. The number of carbonyl (C=O) groups is 1. The number of carbonyl (C=O) groups excluding carboxylic acids is 1. The summed E-state index contributed by atoms with van der Waals surface area (Å²) in [5.74, 6) is 0.279. The Balaban J connectivity index is 1.30. The van der Waals surface area contributed by atoms with Crippen molar-refractivity contribution in [1.29, 1.82) is 0 Å². The fraction of sp³-hybridized carbons (Fsp3) is 0.435. The van der Waals surface area contributed by atoms with Gasteiger partial charge in [-0.1, -0.05) is 56.3 Å². The zero-order chi connectivity index (χ0) is 22.7. The fourth-order valence-electron chi connectivity index (χ4n) is 3.97. The maximum Gasteiger partial charge on any atom is 0.412 e. The molecule has 4 unspecified atom stereocenters. The van der Waals surface area contributed by atoms with Crippen LogP contribution in [-0.2, 0) is 30.0 Å². The Kier molecular flexibility index (Phi) is 6.80. The number of nitrogens with one attached hydrogen (secondary N) is 2. The van der Waals surface area contributed by atoms with Crippen LogP contribution in [-0.4, -0.2) is 52.1 Å². The van der Waals surface area contributed by atoms with Crippen molar-refractivity contribution >= 4 is 21.8 Å². The Hall–Kier alpha value is -2.46. The molecule has 9 heteroatoms. The van der Waals surface area contributed by atoms with Crippen LogP contribution in [0, 0.1) is 0 Å². The number of fused-ring (bicyclic) bond motifs is 1. The number of hydrogen-bond acceptors (Lipinski definition) is 6. The van der Waals surface area contributed by atoms with Gasteiger partial charge in [0.2, 0.25) is 10.0 Å². The van der Waals surface area contributed by atoms with E-state index in [1.165, 1.54) is 5.56 Å². The molecule has 2 N–H and O–H groups in total. The van der Waals surface area contributed by atoms with E-state index in [4.69, 9.17) is 14.2 Å². The van der Waals surface area contributed by atoms with E-state index in [9.17, 15) is 13.2 Å². The number of benzene rings is 2. The van der Waals surface area contributed by atoms with Crippen molar-refractivity contribution in [3.8, 4) is 0 Å². The molecule has 2 saturated heterocycles. The molecule has 0 bridgehead atoms. The van der Waals surface area contributed by atoms with Crippen LogP contribution in [0.4, 0.5) is 10.5 Å². The molecule has 4 rings (SSSR count). The average Bonchev–Trinajstić information content (AvgIpc) is 3.32. The Labute approximate surface area is 188 Å². The smallest absolute Gasteiger partial charge is 0.412 e. The third kappa shape index (κ3) is 5.47. The second-order valence-electron chi connectivity index (χ2n) is 8.41. The summed E-state index contributed by atoms with van der Waals surface area (Å²) in [5, 5.41) is 2.71. The topological polar surface area (TPSA) is 103 Å². The van der Waals surface area contributed by atoms with Gasteiger partial charge in [-0.2, -0.15) is 0 Å². The van der Waals surface area contributed by atoms with Gasteiger partial charge in [0.15, 0.2) is 6.10 Å². The molecule has 0 aromatic heterocycles. The second-order valence-corrected chi connectivity index (χ2v) is 10.2. The lowest BCUT2D eigenvalue weighted by Crippen LogP contribution is -2.44. The van der Waals surface area contributed by atoms with Gasteiger partial charge in [-0.3, -0.25) is 5.32 Å². The number of rotatable bonds is 7. The summed E-state index contributed by atoms with van der Waals surface area (Å²) >= 11 is 0. The molecule has 0 saturated carbocycles. The summed E-state index contributed by atoms with van der Waals surface area (Å²) in [5.41, 5.74) is 2.51. The lowest BCUT2D eigenvalue weighted by Gasteiger charge is -2.18. The summed E-state index contributed by atoms with van der Waals surface area (Å²) in [7, 11) is -3.58. The van der Waals surface area contributed by atoms with Crippen molar-refractivity contribution in [2.24, 2.45) is 0 Å². The van der Waals surface area contributed by atoms with E-state index >= 15 is 0 Å². The van der Waals surface area contributed by atoms with Crippen molar-refractivity contribution in [2.75, 3.05) is 18.5 Å². The van der Waals surface area contributed by atoms with Crippen LogP contribution in [0.2, 0.25) is 0 Å². The molecule has 1 amide bonds. The van der Waals surface area contributed by atoms with Crippen LogP contribution < -0.4 is 10.0 Å². The number of sulfonamides is 1. The Morgan fingerprint density at radius 3 is 2.41 bits per heavy atom. The number of ether oxygens (including phenoxy) is 3. The molecule has 0 aliphatic carbocycles. The van der Waals surface area contributed by atoms with Crippen LogP contribution in [0.3, 0.4) is 0 Å². The van der Waals surface area contributed by atoms with Gasteiger partial charge in [-0.25, -0.2) is 17.9 Å². The number of anilines is 1. The predicted octanol–water partition coefficient (Wildman–Crippen LogP) is 3.01. The maximum atomic E-state index is 12.6. The normalized spacial score (nSPS) is 25.0. The predicted molar refractivity (Wildman–Crippen MR) is 120 cm³/mol. The van der Waals surface area contributed by atoms with Crippen LogP contribution in [0.1, 0.15) is 30.9 Å². The van der Waals surface area contributed by atoms with E-state index in [2.05, 4.69) is 23.9 Å². The number of hydrogen-bond donors (Lipinski definition) is 2. The summed E-state index contributed by atoms with van der Waals surface area (Å²) in [4.78, 5) is 12.3. The molecule has 32 heavy (non-hydrogen) atoms. The molecule has 2 fully saturated rings. The molecule has 0 radical (unpaired) electrons. The average molecular weight is 461 g/mol. The summed E-state index contributed by atoms with van der Waals surface area (Å²) < 4.78 is 44.8. The van der Waals surface area contributed by atoms with Gasteiger partial charge in [0.05, 0.1) is 25.0 Å². The highest BCUT2D eigenvalue weighted by molar-refractivity contribution is 7.88.